The van der Waals surface area contributed by atoms with Crippen molar-refractivity contribution in [3.63, 3.8) is 0 Å². The van der Waals surface area contributed by atoms with Crippen LogP contribution >= 0.6 is 7.37 Å². The summed E-state index contributed by atoms with van der Waals surface area (Å²) < 4.78 is 16.8. The molecule has 0 saturated carbocycles. The third-order valence-corrected chi connectivity index (χ3v) is 4.49. The summed E-state index contributed by atoms with van der Waals surface area (Å²) in [7, 11) is -3.35. The molecule has 2 aromatic carbocycles. The van der Waals surface area contributed by atoms with Crippen molar-refractivity contribution in [1.29, 1.82) is 0 Å². The van der Waals surface area contributed by atoms with Crippen molar-refractivity contribution in [3.8, 4) is 0 Å². The molecule has 0 aromatic heterocycles. The van der Waals surface area contributed by atoms with Gasteiger partial charge in [-0.2, -0.15) is 4.67 Å². The van der Waals surface area contributed by atoms with Gasteiger partial charge in [-0.3, -0.25) is 4.57 Å². The van der Waals surface area contributed by atoms with Crippen LogP contribution in [0.5, 0.6) is 0 Å². The van der Waals surface area contributed by atoms with E-state index in [1.165, 1.54) is 0 Å². The molecule has 2 rings (SSSR count). The molecule has 0 atom stereocenters. The van der Waals surface area contributed by atoms with E-state index in [0.717, 1.165) is 0 Å². The van der Waals surface area contributed by atoms with Crippen LogP contribution in [-0.4, -0.2) is 5.26 Å². The van der Waals surface area contributed by atoms with Crippen LogP contribution in [0.25, 0.3) is 0 Å². The normalized spacial score (nSPS) is 11.3. The highest BCUT2D eigenvalue weighted by atomic mass is 31.2. The maximum Gasteiger partial charge on any atom is 0.290 e. The van der Waals surface area contributed by atoms with Crippen molar-refractivity contribution in [2.45, 2.75) is 0 Å². The first kappa shape index (κ1) is 11.1. The Morgan fingerprint density at radius 2 is 1.19 bits per heavy atom. The molecule has 1 N–H and O–H groups in total. The van der Waals surface area contributed by atoms with E-state index in [9.17, 15) is 4.57 Å². The molecule has 0 aliphatic heterocycles. The van der Waals surface area contributed by atoms with Gasteiger partial charge in [-0.25, -0.2) is 5.26 Å². The van der Waals surface area contributed by atoms with Crippen LogP contribution in [0.2, 0.25) is 0 Å². The predicted molar refractivity (Wildman–Crippen MR) is 63.5 cm³/mol. The zero-order chi connectivity index (χ0) is 11.4. The molecular formula is C12H11O3P. The Morgan fingerprint density at radius 3 is 1.50 bits per heavy atom. The number of hydrogen-bond donors (Lipinski definition) is 1. The molecule has 2 aromatic rings. The number of rotatable bonds is 3. The first-order chi connectivity index (χ1) is 7.77. The van der Waals surface area contributed by atoms with Crippen LogP contribution in [0.3, 0.4) is 0 Å². The minimum Gasteiger partial charge on any atom is -0.280 e. The van der Waals surface area contributed by atoms with Crippen LogP contribution in [-0.2, 0) is 9.24 Å². The van der Waals surface area contributed by atoms with Crippen molar-refractivity contribution >= 4 is 18.0 Å². The van der Waals surface area contributed by atoms with Crippen LogP contribution in [0.1, 0.15) is 0 Å². The fraction of sp³-hybridized carbons (Fsp3) is 0. The van der Waals surface area contributed by atoms with E-state index < -0.39 is 7.37 Å². The summed E-state index contributed by atoms with van der Waals surface area (Å²) in [6, 6.07) is 17.3. The second-order valence-electron chi connectivity index (χ2n) is 3.30. The standard InChI is InChI=1S/C12H11O3P/c13-15-16(14,11-7-3-1-4-8-11)12-9-5-2-6-10-12/h1-10,13H. The van der Waals surface area contributed by atoms with E-state index in [-0.39, 0.29) is 0 Å². The minimum absolute atomic E-state index is 0.476. The van der Waals surface area contributed by atoms with Gasteiger partial charge in [-0.15, -0.1) is 0 Å². The molecule has 82 valence electrons. The highest BCUT2D eigenvalue weighted by Gasteiger charge is 2.28. The lowest BCUT2D eigenvalue weighted by Gasteiger charge is -2.14. The van der Waals surface area contributed by atoms with E-state index >= 15 is 0 Å². The third kappa shape index (κ3) is 1.93. The molecule has 0 radical (unpaired) electrons. The Morgan fingerprint density at radius 1 is 0.812 bits per heavy atom. The molecular weight excluding hydrogens is 223 g/mol. The second kappa shape index (κ2) is 4.62. The van der Waals surface area contributed by atoms with Gasteiger partial charge in [0.05, 0.1) is 0 Å². The highest BCUT2D eigenvalue weighted by molar-refractivity contribution is 7.74. The largest absolute Gasteiger partial charge is 0.290 e. The van der Waals surface area contributed by atoms with Crippen LogP contribution in [0, 0.1) is 0 Å². The fourth-order valence-electron chi connectivity index (χ4n) is 1.49. The Kier molecular flexibility index (Phi) is 3.20. The van der Waals surface area contributed by atoms with Crippen molar-refractivity contribution in [3.05, 3.63) is 60.7 Å². The van der Waals surface area contributed by atoms with E-state index in [2.05, 4.69) is 4.67 Å². The first-order valence-corrected chi connectivity index (χ1v) is 6.44. The van der Waals surface area contributed by atoms with E-state index in [1.807, 2.05) is 12.1 Å². The summed E-state index contributed by atoms with van der Waals surface area (Å²) in [5.74, 6) is 0. The van der Waals surface area contributed by atoms with Crippen LogP contribution in [0.4, 0.5) is 0 Å². The zero-order valence-corrected chi connectivity index (χ0v) is 9.38. The van der Waals surface area contributed by atoms with Gasteiger partial charge in [0, 0.05) is 10.6 Å². The SMILES string of the molecule is O=P(OO)(c1ccccc1)c1ccccc1. The molecule has 0 fully saturated rings. The van der Waals surface area contributed by atoms with Gasteiger partial charge >= 0.3 is 0 Å². The summed E-state index contributed by atoms with van der Waals surface area (Å²) in [5, 5.41) is 9.88. The molecule has 3 nitrogen and oxygen atoms in total. The topological polar surface area (TPSA) is 46.5 Å². The molecule has 0 bridgehead atoms. The van der Waals surface area contributed by atoms with Gasteiger partial charge < -0.3 is 0 Å². The molecule has 0 heterocycles. The molecule has 0 spiro atoms. The Hall–Kier alpha value is -1.41. The van der Waals surface area contributed by atoms with E-state index in [0.29, 0.717) is 10.6 Å². The molecule has 0 aliphatic rings. The maximum absolute atomic E-state index is 12.5. The van der Waals surface area contributed by atoms with Crippen molar-refractivity contribution < 1.29 is 14.5 Å². The lowest BCUT2D eigenvalue weighted by atomic mass is 10.4. The number of benzene rings is 2. The molecule has 16 heavy (non-hydrogen) atoms. The molecule has 0 saturated heterocycles. The smallest absolute Gasteiger partial charge is 0.280 e. The van der Waals surface area contributed by atoms with E-state index in [1.54, 1.807) is 48.5 Å². The lowest BCUT2D eigenvalue weighted by molar-refractivity contribution is -0.131. The number of hydrogen-bond acceptors (Lipinski definition) is 3. The first-order valence-electron chi connectivity index (χ1n) is 4.82. The minimum atomic E-state index is -3.35. The monoisotopic (exact) mass is 234 g/mol. The van der Waals surface area contributed by atoms with Crippen molar-refractivity contribution in [2.75, 3.05) is 0 Å². The van der Waals surface area contributed by atoms with Crippen LogP contribution < -0.4 is 10.6 Å². The lowest BCUT2D eigenvalue weighted by Crippen LogP contribution is -2.16. The van der Waals surface area contributed by atoms with Gasteiger partial charge in [0.2, 0.25) is 0 Å². The van der Waals surface area contributed by atoms with Crippen molar-refractivity contribution in [2.24, 2.45) is 0 Å². The van der Waals surface area contributed by atoms with Gasteiger partial charge in [0.1, 0.15) is 0 Å². The highest BCUT2D eigenvalue weighted by Crippen LogP contribution is 2.43. The Labute approximate surface area is 93.7 Å². The Bertz CT molecular complexity index is 453. The third-order valence-electron chi connectivity index (χ3n) is 2.31. The molecule has 4 heteroatoms. The summed E-state index contributed by atoms with van der Waals surface area (Å²) in [6.45, 7) is 0. The van der Waals surface area contributed by atoms with Crippen LogP contribution in [0.15, 0.2) is 60.7 Å². The second-order valence-corrected chi connectivity index (χ2v) is 5.60. The zero-order valence-electron chi connectivity index (χ0n) is 8.48. The van der Waals surface area contributed by atoms with Gasteiger partial charge in [-0.1, -0.05) is 36.4 Å². The van der Waals surface area contributed by atoms with Gasteiger partial charge in [-0.05, 0) is 24.3 Å². The predicted octanol–water partition coefficient (Wildman–Crippen LogP) is 2.41. The molecule has 0 amide bonds. The average Bonchev–Trinajstić information content (AvgIpc) is 2.40. The summed E-state index contributed by atoms with van der Waals surface area (Å²) in [5.41, 5.74) is 0. The quantitative estimate of drug-likeness (QED) is 0.504. The maximum atomic E-state index is 12.5. The fourth-order valence-corrected chi connectivity index (χ4v) is 3.11. The van der Waals surface area contributed by atoms with Gasteiger partial charge in [0.15, 0.2) is 0 Å². The van der Waals surface area contributed by atoms with E-state index in [4.69, 9.17) is 5.26 Å². The molecule has 0 unspecified atom stereocenters. The van der Waals surface area contributed by atoms with Gasteiger partial charge in [0.25, 0.3) is 7.37 Å². The summed E-state index contributed by atoms with van der Waals surface area (Å²) in [6.07, 6.45) is 0. The Balaban J connectivity index is 2.54. The summed E-state index contributed by atoms with van der Waals surface area (Å²) in [4.78, 5) is 0. The molecule has 0 aliphatic carbocycles. The average molecular weight is 234 g/mol. The summed E-state index contributed by atoms with van der Waals surface area (Å²) >= 11 is 0. The van der Waals surface area contributed by atoms with Crippen molar-refractivity contribution in [1.82, 2.24) is 0 Å².